The molecule has 2 heterocycles. The van der Waals surface area contributed by atoms with E-state index in [1.54, 1.807) is 11.1 Å². The van der Waals surface area contributed by atoms with Gasteiger partial charge >= 0.3 is 12.1 Å². The number of nitrogens with two attached hydrogens (primary N) is 1. The Bertz CT molecular complexity index is 967. The van der Waals surface area contributed by atoms with E-state index < -0.39 is 12.1 Å². The van der Waals surface area contributed by atoms with Crippen LogP contribution in [0.15, 0.2) is 24.4 Å². The zero-order valence-electron chi connectivity index (χ0n) is 15.5. The molecule has 4 rings (SSSR count). The van der Waals surface area contributed by atoms with Crippen LogP contribution in [0.3, 0.4) is 0 Å². The molecule has 1 aliphatic carbocycles. The Hall–Kier alpha value is -3.36. The first-order valence-electron chi connectivity index (χ1n) is 9.16. The SMILES string of the molecule is CC(=O)NCC1CN(c2ccc3c(c2)CCCc2nn(C(N)=O)cc2-3)C(=O)O1. The highest BCUT2D eigenvalue weighted by atomic mass is 16.6. The molecule has 0 bridgehead atoms. The number of hydrogen-bond acceptors (Lipinski definition) is 5. The van der Waals surface area contributed by atoms with Crippen molar-refractivity contribution in [2.75, 3.05) is 18.0 Å². The Labute approximate surface area is 161 Å². The Morgan fingerprint density at radius 1 is 1.32 bits per heavy atom. The second kappa shape index (κ2) is 6.99. The monoisotopic (exact) mass is 383 g/mol. The molecule has 1 aromatic carbocycles. The third-order valence-corrected chi connectivity index (χ3v) is 5.02. The van der Waals surface area contributed by atoms with Gasteiger partial charge in [0, 0.05) is 24.4 Å². The number of fused-ring (bicyclic) bond motifs is 3. The number of aromatic nitrogens is 2. The van der Waals surface area contributed by atoms with Gasteiger partial charge in [-0.2, -0.15) is 9.78 Å². The largest absolute Gasteiger partial charge is 0.442 e. The Balaban J connectivity index is 1.61. The topological polar surface area (TPSA) is 120 Å². The van der Waals surface area contributed by atoms with Crippen molar-refractivity contribution in [3.8, 4) is 11.1 Å². The molecule has 1 atom stereocenters. The number of aryl methyl sites for hydroxylation is 2. The molecule has 0 radical (unpaired) electrons. The average Bonchev–Trinajstić information content (AvgIpc) is 3.19. The van der Waals surface area contributed by atoms with E-state index in [1.807, 2.05) is 18.2 Å². The van der Waals surface area contributed by atoms with E-state index in [0.29, 0.717) is 6.54 Å². The Kier molecular flexibility index (Phi) is 4.50. The fourth-order valence-corrected chi connectivity index (χ4v) is 3.69. The van der Waals surface area contributed by atoms with Gasteiger partial charge in [0.25, 0.3) is 0 Å². The predicted molar refractivity (Wildman–Crippen MR) is 101 cm³/mol. The Morgan fingerprint density at radius 3 is 2.89 bits per heavy atom. The number of ether oxygens (including phenoxy) is 1. The number of primary amides is 1. The van der Waals surface area contributed by atoms with Crippen LogP contribution in [-0.4, -0.2) is 47.0 Å². The molecule has 1 aromatic heterocycles. The second-order valence-corrected chi connectivity index (χ2v) is 7.02. The van der Waals surface area contributed by atoms with Gasteiger partial charge < -0.3 is 15.8 Å². The van der Waals surface area contributed by atoms with Crippen LogP contribution in [0.5, 0.6) is 0 Å². The highest BCUT2D eigenvalue weighted by Crippen LogP contribution is 2.35. The maximum Gasteiger partial charge on any atom is 0.414 e. The third-order valence-electron chi connectivity index (χ3n) is 5.02. The van der Waals surface area contributed by atoms with Crippen LogP contribution in [0.4, 0.5) is 15.3 Å². The lowest BCUT2D eigenvalue weighted by Crippen LogP contribution is -2.33. The molecule has 28 heavy (non-hydrogen) atoms. The molecule has 1 aliphatic heterocycles. The van der Waals surface area contributed by atoms with Crippen LogP contribution in [0, 0.1) is 0 Å². The van der Waals surface area contributed by atoms with Crippen molar-refractivity contribution in [1.29, 1.82) is 0 Å². The molecule has 146 valence electrons. The quantitative estimate of drug-likeness (QED) is 0.831. The molecular weight excluding hydrogens is 362 g/mol. The number of anilines is 1. The minimum atomic E-state index is -0.615. The number of nitrogens with one attached hydrogen (secondary N) is 1. The van der Waals surface area contributed by atoms with E-state index in [0.717, 1.165) is 52.0 Å². The van der Waals surface area contributed by atoms with Crippen molar-refractivity contribution >= 4 is 23.7 Å². The molecule has 9 heteroatoms. The zero-order chi connectivity index (χ0) is 19.8. The highest BCUT2D eigenvalue weighted by Gasteiger charge is 2.33. The molecule has 0 saturated carbocycles. The van der Waals surface area contributed by atoms with Gasteiger partial charge in [-0.1, -0.05) is 6.07 Å². The van der Waals surface area contributed by atoms with Gasteiger partial charge in [0.05, 0.1) is 18.8 Å². The number of nitrogens with zero attached hydrogens (tertiary/aromatic N) is 3. The zero-order valence-corrected chi connectivity index (χ0v) is 15.5. The van der Waals surface area contributed by atoms with Crippen molar-refractivity contribution < 1.29 is 19.1 Å². The van der Waals surface area contributed by atoms with E-state index in [2.05, 4.69) is 10.4 Å². The first-order valence-corrected chi connectivity index (χ1v) is 9.16. The molecule has 1 saturated heterocycles. The van der Waals surface area contributed by atoms with Crippen molar-refractivity contribution in [3.05, 3.63) is 35.7 Å². The lowest BCUT2D eigenvalue weighted by Gasteiger charge is -2.16. The van der Waals surface area contributed by atoms with Crippen molar-refractivity contribution in [3.63, 3.8) is 0 Å². The molecule has 2 aromatic rings. The van der Waals surface area contributed by atoms with Crippen molar-refractivity contribution in [2.45, 2.75) is 32.3 Å². The number of carbonyl (C=O) groups is 3. The van der Waals surface area contributed by atoms with Crippen molar-refractivity contribution in [1.82, 2.24) is 15.1 Å². The van der Waals surface area contributed by atoms with E-state index in [-0.39, 0.29) is 18.6 Å². The number of rotatable bonds is 3. The summed E-state index contributed by atoms with van der Waals surface area (Å²) in [5.74, 6) is -0.160. The standard InChI is InChI=1S/C19H21N5O4/c1-11(25)21-8-14-9-23(19(27)28-14)13-5-6-15-12(7-13)3-2-4-17-16(15)10-24(22-17)18(20)26/h5-7,10,14H,2-4,8-9H2,1H3,(H2,20,26)(H,21,25). The van der Waals surface area contributed by atoms with Crippen LogP contribution in [0.1, 0.15) is 24.6 Å². The van der Waals surface area contributed by atoms with Crippen LogP contribution >= 0.6 is 0 Å². The lowest BCUT2D eigenvalue weighted by atomic mass is 9.99. The van der Waals surface area contributed by atoms with Gasteiger partial charge in [-0.05, 0) is 42.5 Å². The number of amides is 3. The van der Waals surface area contributed by atoms with Crippen LogP contribution < -0.4 is 16.0 Å². The molecule has 9 nitrogen and oxygen atoms in total. The molecule has 2 aliphatic rings. The summed E-state index contributed by atoms with van der Waals surface area (Å²) in [5.41, 5.74) is 9.91. The molecular formula is C19H21N5O4. The van der Waals surface area contributed by atoms with Crippen LogP contribution in [-0.2, 0) is 22.4 Å². The summed E-state index contributed by atoms with van der Waals surface area (Å²) in [4.78, 5) is 36.4. The summed E-state index contributed by atoms with van der Waals surface area (Å²) in [5, 5.41) is 6.96. The summed E-state index contributed by atoms with van der Waals surface area (Å²) >= 11 is 0. The van der Waals surface area contributed by atoms with Gasteiger partial charge in [-0.3, -0.25) is 9.69 Å². The summed E-state index contributed by atoms with van der Waals surface area (Å²) in [7, 11) is 0. The van der Waals surface area contributed by atoms with Crippen molar-refractivity contribution in [2.24, 2.45) is 5.73 Å². The normalized spacial score (nSPS) is 18.1. The number of carbonyl (C=O) groups excluding carboxylic acids is 3. The summed E-state index contributed by atoms with van der Waals surface area (Å²) in [6, 6.07) is 5.17. The smallest absolute Gasteiger partial charge is 0.414 e. The van der Waals surface area contributed by atoms with Crippen LogP contribution in [0.25, 0.3) is 11.1 Å². The number of hydrogen-bond donors (Lipinski definition) is 2. The van der Waals surface area contributed by atoms with Gasteiger partial charge in [0.2, 0.25) is 5.91 Å². The molecule has 1 unspecified atom stereocenters. The highest BCUT2D eigenvalue weighted by molar-refractivity contribution is 5.91. The number of benzene rings is 1. The first kappa shape index (κ1) is 18.0. The minimum absolute atomic E-state index is 0.160. The van der Waals surface area contributed by atoms with Crippen LogP contribution in [0.2, 0.25) is 0 Å². The van der Waals surface area contributed by atoms with Gasteiger partial charge in [-0.15, -0.1) is 0 Å². The first-order chi connectivity index (χ1) is 13.4. The van der Waals surface area contributed by atoms with E-state index >= 15 is 0 Å². The van der Waals surface area contributed by atoms with E-state index in [4.69, 9.17) is 10.5 Å². The third kappa shape index (κ3) is 3.30. The maximum atomic E-state index is 12.3. The summed E-state index contributed by atoms with van der Waals surface area (Å²) in [6.45, 7) is 2.09. The average molecular weight is 383 g/mol. The fourth-order valence-electron chi connectivity index (χ4n) is 3.69. The molecule has 1 fully saturated rings. The second-order valence-electron chi connectivity index (χ2n) is 7.02. The van der Waals surface area contributed by atoms with Gasteiger partial charge in [-0.25, -0.2) is 9.59 Å². The summed E-state index contributed by atoms with van der Waals surface area (Å²) in [6.07, 6.45) is 3.34. The van der Waals surface area contributed by atoms with Gasteiger partial charge in [0.1, 0.15) is 6.10 Å². The van der Waals surface area contributed by atoms with E-state index in [1.165, 1.54) is 6.92 Å². The predicted octanol–water partition coefficient (Wildman–Crippen LogP) is 1.43. The minimum Gasteiger partial charge on any atom is -0.442 e. The molecule has 3 N–H and O–H groups in total. The Morgan fingerprint density at radius 2 is 2.14 bits per heavy atom. The number of cyclic esters (lactones) is 1. The summed E-state index contributed by atoms with van der Waals surface area (Å²) < 4.78 is 6.51. The lowest BCUT2D eigenvalue weighted by molar-refractivity contribution is -0.119. The molecule has 0 spiro atoms. The van der Waals surface area contributed by atoms with E-state index in [9.17, 15) is 14.4 Å². The van der Waals surface area contributed by atoms with Gasteiger partial charge in [0.15, 0.2) is 0 Å². The molecule has 3 amide bonds. The maximum absolute atomic E-state index is 12.3. The fraction of sp³-hybridized carbons (Fsp3) is 0.368.